The third-order valence-electron chi connectivity index (χ3n) is 6.39. The monoisotopic (exact) mass is 372 g/mol. The van der Waals surface area contributed by atoms with Crippen molar-refractivity contribution >= 4 is 16.5 Å². The van der Waals surface area contributed by atoms with Gasteiger partial charge in [0.1, 0.15) is 6.07 Å². The van der Waals surface area contributed by atoms with E-state index in [4.69, 9.17) is 0 Å². The Bertz CT molecular complexity index is 1300. The van der Waals surface area contributed by atoms with Crippen molar-refractivity contribution in [3.05, 3.63) is 78.4 Å². The lowest BCUT2D eigenvalue weighted by Gasteiger charge is -2.23. The Morgan fingerprint density at radius 2 is 1.41 bits per heavy atom. The summed E-state index contributed by atoms with van der Waals surface area (Å²) in [6, 6.07) is 28.4. The van der Waals surface area contributed by atoms with Crippen LogP contribution in [0.25, 0.3) is 44.2 Å². The van der Waals surface area contributed by atoms with Gasteiger partial charge in [-0.2, -0.15) is 5.26 Å². The largest absolute Gasteiger partial charge is 0.370 e. The lowest BCUT2D eigenvalue weighted by molar-refractivity contribution is 0.949. The number of nitrogens with zero attached hydrogens (tertiary/aromatic N) is 2. The van der Waals surface area contributed by atoms with E-state index >= 15 is 0 Å². The first-order chi connectivity index (χ1) is 14.4. The van der Waals surface area contributed by atoms with E-state index in [1.807, 2.05) is 0 Å². The molecule has 0 N–H and O–H groups in total. The fourth-order valence-corrected chi connectivity index (χ4v) is 5.14. The second-order valence-electron chi connectivity index (χ2n) is 7.95. The first kappa shape index (κ1) is 16.4. The van der Waals surface area contributed by atoms with Crippen LogP contribution in [0.4, 0.5) is 5.69 Å². The van der Waals surface area contributed by atoms with Crippen LogP contribution < -0.4 is 4.90 Å². The van der Waals surface area contributed by atoms with Crippen LogP contribution in [0.3, 0.4) is 0 Å². The van der Waals surface area contributed by atoms with Gasteiger partial charge in [0.15, 0.2) is 0 Å². The molecule has 1 aliphatic carbocycles. The minimum Gasteiger partial charge on any atom is -0.370 e. The van der Waals surface area contributed by atoms with E-state index in [0.717, 1.165) is 29.9 Å². The number of hydrogen-bond acceptors (Lipinski definition) is 2. The Balaban J connectivity index is 1.78. The molecule has 0 aromatic heterocycles. The summed E-state index contributed by atoms with van der Waals surface area (Å²) in [5.41, 5.74) is 9.12. The highest BCUT2D eigenvalue weighted by atomic mass is 15.1. The van der Waals surface area contributed by atoms with Gasteiger partial charge in [-0.15, -0.1) is 0 Å². The quantitative estimate of drug-likeness (QED) is 0.348. The van der Waals surface area contributed by atoms with Crippen LogP contribution in [0.1, 0.15) is 18.4 Å². The zero-order valence-corrected chi connectivity index (χ0v) is 16.2. The van der Waals surface area contributed by atoms with Gasteiger partial charge in [0.05, 0.1) is 11.3 Å². The zero-order chi connectivity index (χ0) is 19.4. The van der Waals surface area contributed by atoms with Crippen molar-refractivity contribution in [3.63, 3.8) is 0 Å². The SMILES string of the molecule is N#Cc1c(N2CCCC2)cc(-c2ccccc2)c2c1-c1cccc3cccc-2c13. The molecule has 1 saturated heterocycles. The van der Waals surface area contributed by atoms with Gasteiger partial charge in [-0.05, 0) is 57.5 Å². The molecule has 0 spiro atoms. The van der Waals surface area contributed by atoms with Gasteiger partial charge in [-0.25, -0.2) is 0 Å². The Labute approximate surface area is 170 Å². The molecule has 2 heteroatoms. The van der Waals surface area contributed by atoms with Gasteiger partial charge in [0.2, 0.25) is 0 Å². The standard InChI is InChI=1S/C27H20N2/c28-17-23-24(29-14-4-5-15-29)16-22(18-8-2-1-3-9-18)26-20-12-6-10-19-11-7-13-21(25(19)20)27(23)26/h1-3,6-13,16H,4-5,14-15H2. The molecule has 0 saturated carbocycles. The predicted octanol–water partition coefficient (Wildman–Crippen LogP) is 6.63. The second-order valence-corrected chi connectivity index (χ2v) is 7.95. The number of fused-ring (bicyclic) bond motifs is 3. The van der Waals surface area contributed by atoms with E-state index in [1.54, 1.807) is 0 Å². The Morgan fingerprint density at radius 3 is 2.10 bits per heavy atom. The van der Waals surface area contributed by atoms with Crippen LogP contribution in [0.2, 0.25) is 0 Å². The van der Waals surface area contributed by atoms with Crippen LogP contribution in [-0.4, -0.2) is 13.1 Å². The Kier molecular flexibility index (Phi) is 3.52. The van der Waals surface area contributed by atoms with E-state index in [-0.39, 0.29) is 0 Å². The van der Waals surface area contributed by atoms with E-state index in [0.29, 0.717) is 0 Å². The molecule has 0 bridgehead atoms. The lowest BCUT2D eigenvalue weighted by atomic mass is 9.89. The smallest absolute Gasteiger partial charge is 0.102 e. The zero-order valence-electron chi connectivity index (χ0n) is 16.2. The average Bonchev–Trinajstić information content (AvgIpc) is 3.42. The van der Waals surface area contributed by atoms with Crippen molar-refractivity contribution in [2.75, 3.05) is 18.0 Å². The normalized spacial score (nSPS) is 14.2. The highest BCUT2D eigenvalue weighted by Crippen LogP contribution is 2.54. The number of benzene rings is 4. The Hall–Kier alpha value is -3.57. The van der Waals surface area contributed by atoms with Crippen molar-refractivity contribution in [2.24, 2.45) is 0 Å². The predicted molar refractivity (Wildman–Crippen MR) is 120 cm³/mol. The molecule has 29 heavy (non-hydrogen) atoms. The number of nitriles is 1. The molecule has 1 heterocycles. The molecule has 0 unspecified atom stereocenters. The van der Waals surface area contributed by atoms with E-state index in [9.17, 15) is 5.26 Å². The maximum atomic E-state index is 10.3. The van der Waals surface area contributed by atoms with Crippen LogP contribution in [0, 0.1) is 11.3 Å². The molecule has 138 valence electrons. The fraction of sp³-hybridized carbons (Fsp3) is 0.148. The molecule has 1 fully saturated rings. The van der Waals surface area contributed by atoms with Gasteiger partial charge in [0.25, 0.3) is 0 Å². The summed E-state index contributed by atoms with van der Waals surface area (Å²) in [6.45, 7) is 2.05. The molecular weight excluding hydrogens is 352 g/mol. The highest BCUT2D eigenvalue weighted by molar-refractivity contribution is 6.20. The van der Waals surface area contributed by atoms with Crippen molar-refractivity contribution in [1.82, 2.24) is 0 Å². The molecule has 0 radical (unpaired) electrons. The first-order valence-electron chi connectivity index (χ1n) is 10.3. The summed E-state index contributed by atoms with van der Waals surface area (Å²) in [6.07, 6.45) is 2.39. The van der Waals surface area contributed by atoms with Gasteiger partial charge < -0.3 is 4.90 Å². The van der Waals surface area contributed by atoms with Gasteiger partial charge in [-0.3, -0.25) is 0 Å². The maximum absolute atomic E-state index is 10.3. The Morgan fingerprint density at radius 1 is 0.724 bits per heavy atom. The second kappa shape index (κ2) is 6.22. The molecule has 4 aromatic carbocycles. The van der Waals surface area contributed by atoms with Crippen LogP contribution in [-0.2, 0) is 0 Å². The highest BCUT2D eigenvalue weighted by Gasteiger charge is 2.30. The summed E-state index contributed by atoms with van der Waals surface area (Å²) in [7, 11) is 0. The van der Waals surface area contributed by atoms with Gasteiger partial charge in [0, 0.05) is 18.7 Å². The van der Waals surface area contributed by atoms with E-state index in [2.05, 4.69) is 83.8 Å². The molecule has 2 aliphatic rings. The summed E-state index contributed by atoms with van der Waals surface area (Å²) in [5, 5.41) is 12.8. The topological polar surface area (TPSA) is 27.0 Å². The molecule has 6 rings (SSSR count). The molecule has 2 nitrogen and oxygen atoms in total. The molecular formula is C27H20N2. The van der Waals surface area contributed by atoms with Crippen LogP contribution in [0.15, 0.2) is 72.8 Å². The summed E-state index contributed by atoms with van der Waals surface area (Å²) in [4.78, 5) is 2.40. The summed E-state index contributed by atoms with van der Waals surface area (Å²) in [5.74, 6) is 0. The van der Waals surface area contributed by atoms with Crippen molar-refractivity contribution in [2.45, 2.75) is 12.8 Å². The fourth-order valence-electron chi connectivity index (χ4n) is 5.14. The first-order valence-corrected chi connectivity index (χ1v) is 10.3. The molecule has 4 aromatic rings. The lowest BCUT2D eigenvalue weighted by Crippen LogP contribution is -2.19. The molecule has 0 atom stereocenters. The van der Waals surface area contributed by atoms with E-state index in [1.165, 1.54) is 51.4 Å². The number of anilines is 1. The van der Waals surface area contributed by atoms with Gasteiger partial charge in [-0.1, -0.05) is 66.7 Å². The van der Waals surface area contributed by atoms with Crippen molar-refractivity contribution < 1.29 is 0 Å². The van der Waals surface area contributed by atoms with Crippen LogP contribution in [0.5, 0.6) is 0 Å². The third-order valence-corrected chi connectivity index (χ3v) is 6.39. The summed E-state index contributed by atoms with van der Waals surface area (Å²) < 4.78 is 0. The average molecular weight is 372 g/mol. The van der Waals surface area contributed by atoms with Gasteiger partial charge >= 0.3 is 0 Å². The minimum atomic E-state index is 0.824. The number of hydrogen-bond donors (Lipinski definition) is 0. The third kappa shape index (κ3) is 2.28. The molecule has 0 amide bonds. The molecule has 1 aliphatic heterocycles. The maximum Gasteiger partial charge on any atom is 0.102 e. The minimum absolute atomic E-state index is 0.824. The van der Waals surface area contributed by atoms with E-state index < -0.39 is 0 Å². The number of rotatable bonds is 2. The van der Waals surface area contributed by atoms with Crippen molar-refractivity contribution in [3.8, 4) is 39.4 Å². The van der Waals surface area contributed by atoms with Crippen molar-refractivity contribution in [1.29, 1.82) is 5.26 Å². The van der Waals surface area contributed by atoms with Crippen LogP contribution >= 0.6 is 0 Å². The summed E-state index contributed by atoms with van der Waals surface area (Å²) >= 11 is 0.